The fraction of sp³-hybridized carbons (Fsp3) is 0.286. The molecule has 0 spiro atoms. The van der Waals surface area contributed by atoms with E-state index in [9.17, 15) is 0 Å². The molecule has 94 valence electrons. The fourth-order valence-corrected chi connectivity index (χ4v) is 2.24. The SMILES string of the molecule is CCN(CC)c1cc(C(N)=S)c2ccccc2n1. The number of anilines is 1. The average molecular weight is 259 g/mol. The number of benzene rings is 1. The second kappa shape index (κ2) is 5.31. The van der Waals surface area contributed by atoms with Crippen molar-refractivity contribution in [3.63, 3.8) is 0 Å². The molecule has 0 atom stereocenters. The first kappa shape index (κ1) is 12.8. The molecule has 0 aliphatic carbocycles. The van der Waals surface area contributed by atoms with E-state index in [1.807, 2.05) is 30.3 Å². The van der Waals surface area contributed by atoms with E-state index in [4.69, 9.17) is 18.0 Å². The third kappa shape index (κ3) is 2.29. The first-order valence-corrected chi connectivity index (χ1v) is 6.52. The number of nitrogens with zero attached hydrogens (tertiary/aromatic N) is 2. The highest BCUT2D eigenvalue weighted by atomic mass is 32.1. The molecule has 2 aromatic rings. The summed E-state index contributed by atoms with van der Waals surface area (Å²) in [5, 5.41) is 1.01. The van der Waals surface area contributed by atoms with E-state index >= 15 is 0 Å². The van der Waals surface area contributed by atoms with Gasteiger partial charge in [-0.3, -0.25) is 0 Å². The van der Waals surface area contributed by atoms with Gasteiger partial charge in [0.1, 0.15) is 10.8 Å². The van der Waals surface area contributed by atoms with Crippen LogP contribution in [0.25, 0.3) is 10.9 Å². The van der Waals surface area contributed by atoms with Crippen LogP contribution in [0, 0.1) is 0 Å². The summed E-state index contributed by atoms with van der Waals surface area (Å²) in [5.74, 6) is 0.932. The van der Waals surface area contributed by atoms with E-state index in [-0.39, 0.29) is 0 Å². The Balaban J connectivity index is 2.67. The van der Waals surface area contributed by atoms with E-state index < -0.39 is 0 Å². The molecule has 0 amide bonds. The number of hydrogen-bond acceptors (Lipinski definition) is 3. The maximum absolute atomic E-state index is 5.82. The summed E-state index contributed by atoms with van der Waals surface area (Å²) in [7, 11) is 0. The molecule has 0 saturated heterocycles. The molecule has 0 aliphatic rings. The summed E-state index contributed by atoms with van der Waals surface area (Å²) in [5.41, 5.74) is 7.65. The van der Waals surface area contributed by atoms with E-state index in [0.29, 0.717) is 4.99 Å². The van der Waals surface area contributed by atoms with Crippen molar-refractivity contribution < 1.29 is 0 Å². The van der Waals surface area contributed by atoms with Gasteiger partial charge in [0.05, 0.1) is 5.52 Å². The fourth-order valence-electron chi connectivity index (χ4n) is 2.07. The summed E-state index contributed by atoms with van der Waals surface area (Å²) < 4.78 is 0. The predicted octanol–water partition coefficient (Wildman–Crippen LogP) is 2.72. The van der Waals surface area contributed by atoms with E-state index in [1.165, 1.54) is 0 Å². The van der Waals surface area contributed by atoms with Gasteiger partial charge in [-0.05, 0) is 26.0 Å². The Hall–Kier alpha value is -1.68. The summed E-state index contributed by atoms with van der Waals surface area (Å²) in [6.07, 6.45) is 0. The number of para-hydroxylation sites is 1. The number of fused-ring (bicyclic) bond motifs is 1. The molecule has 0 saturated carbocycles. The minimum absolute atomic E-state index is 0.419. The van der Waals surface area contributed by atoms with Crippen LogP contribution in [0.4, 0.5) is 5.82 Å². The molecule has 3 nitrogen and oxygen atoms in total. The highest BCUT2D eigenvalue weighted by Crippen LogP contribution is 2.22. The van der Waals surface area contributed by atoms with Gasteiger partial charge < -0.3 is 10.6 Å². The third-order valence-electron chi connectivity index (χ3n) is 3.06. The number of thiocarbonyl (C=S) groups is 1. The normalized spacial score (nSPS) is 10.6. The Bertz CT molecular complexity index is 576. The van der Waals surface area contributed by atoms with Gasteiger partial charge in [-0.1, -0.05) is 30.4 Å². The lowest BCUT2D eigenvalue weighted by Crippen LogP contribution is -2.24. The van der Waals surface area contributed by atoms with Crippen molar-refractivity contribution >= 4 is 33.9 Å². The quantitative estimate of drug-likeness (QED) is 0.857. The van der Waals surface area contributed by atoms with Crippen LogP contribution in [0.15, 0.2) is 30.3 Å². The number of pyridine rings is 1. The zero-order valence-corrected chi connectivity index (χ0v) is 11.5. The minimum atomic E-state index is 0.419. The van der Waals surface area contributed by atoms with Crippen molar-refractivity contribution in [1.29, 1.82) is 0 Å². The summed E-state index contributed by atoms with van der Waals surface area (Å²) >= 11 is 5.14. The second-order valence-electron chi connectivity index (χ2n) is 4.08. The molecule has 4 heteroatoms. The molecule has 0 radical (unpaired) electrons. The van der Waals surface area contributed by atoms with E-state index in [0.717, 1.165) is 35.4 Å². The second-order valence-corrected chi connectivity index (χ2v) is 4.52. The molecule has 2 rings (SSSR count). The Morgan fingerprint density at radius 2 is 1.94 bits per heavy atom. The van der Waals surface area contributed by atoms with Crippen LogP contribution in [0.5, 0.6) is 0 Å². The zero-order chi connectivity index (χ0) is 13.1. The van der Waals surface area contributed by atoms with Crippen LogP contribution in [0.3, 0.4) is 0 Å². The summed E-state index contributed by atoms with van der Waals surface area (Å²) in [4.78, 5) is 7.28. The van der Waals surface area contributed by atoms with Crippen molar-refractivity contribution in [2.45, 2.75) is 13.8 Å². The Labute approximate surface area is 113 Å². The summed E-state index contributed by atoms with van der Waals surface area (Å²) in [6.45, 7) is 6.05. The lowest BCUT2D eigenvalue weighted by Gasteiger charge is -2.21. The van der Waals surface area contributed by atoms with Gasteiger partial charge in [-0.25, -0.2) is 4.98 Å². The number of nitrogens with two attached hydrogens (primary N) is 1. The molecular formula is C14H17N3S. The monoisotopic (exact) mass is 259 g/mol. The molecule has 0 unspecified atom stereocenters. The van der Waals surface area contributed by atoms with Crippen LogP contribution in [0.1, 0.15) is 19.4 Å². The lowest BCUT2D eigenvalue weighted by molar-refractivity contribution is 0.849. The van der Waals surface area contributed by atoms with Crippen LogP contribution < -0.4 is 10.6 Å². The maximum Gasteiger partial charge on any atom is 0.129 e. The van der Waals surface area contributed by atoms with Crippen LogP contribution in [0.2, 0.25) is 0 Å². The molecule has 0 bridgehead atoms. The van der Waals surface area contributed by atoms with Gasteiger partial charge in [0.25, 0.3) is 0 Å². The predicted molar refractivity (Wildman–Crippen MR) is 81.2 cm³/mol. The standard InChI is InChI=1S/C14H17N3S/c1-3-17(4-2)13-9-11(14(15)18)10-7-5-6-8-12(10)16-13/h5-9H,3-4H2,1-2H3,(H2,15,18). The number of rotatable bonds is 4. The molecule has 1 heterocycles. The highest BCUT2D eigenvalue weighted by Gasteiger charge is 2.10. The van der Waals surface area contributed by atoms with Crippen LogP contribution >= 0.6 is 12.2 Å². The minimum Gasteiger partial charge on any atom is -0.389 e. The van der Waals surface area contributed by atoms with Gasteiger partial charge in [0, 0.05) is 24.0 Å². The van der Waals surface area contributed by atoms with Crippen molar-refractivity contribution in [1.82, 2.24) is 4.98 Å². The third-order valence-corrected chi connectivity index (χ3v) is 3.28. The Kier molecular flexibility index (Phi) is 3.77. The van der Waals surface area contributed by atoms with Crippen molar-refractivity contribution in [2.75, 3.05) is 18.0 Å². The lowest BCUT2D eigenvalue weighted by atomic mass is 10.1. The maximum atomic E-state index is 5.82. The molecule has 0 fully saturated rings. The van der Waals surface area contributed by atoms with Gasteiger partial charge in [0.15, 0.2) is 0 Å². The molecule has 1 aromatic heterocycles. The average Bonchev–Trinajstić information content (AvgIpc) is 2.39. The van der Waals surface area contributed by atoms with Gasteiger partial charge in [-0.2, -0.15) is 0 Å². The zero-order valence-electron chi connectivity index (χ0n) is 10.7. The smallest absolute Gasteiger partial charge is 0.129 e. The summed E-state index contributed by atoms with van der Waals surface area (Å²) in [6, 6.07) is 9.93. The molecular weight excluding hydrogens is 242 g/mol. The van der Waals surface area contributed by atoms with Crippen molar-refractivity contribution in [3.8, 4) is 0 Å². The Morgan fingerprint density at radius 1 is 1.28 bits per heavy atom. The molecule has 2 N–H and O–H groups in total. The first-order valence-electron chi connectivity index (χ1n) is 6.11. The van der Waals surface area contributed by atoms with E-state index in [1.54, 1.807) is 0 Å². The highest BCUT2D eigenvalue weighted by molar-refractivity contribution is 7.80. The van der Waals surface area contributed by atoms with E-state index in [2.05, 4.69) is 23.7 Å². The van der Waals surface area contributed by atoms with Crippen LogP contribution in [-0.2, 0) is 0 Å². The van der Waals surface area contributed by atoms with Crippen molar-refractivity contribution in [3.05, 3.63) is 35.9 Å². The Morgan fingerprint density at radius 3 is 2.56 bits per heavy atom. The van der Waals surface area contributed by atoms with Crippen LogP contribution in [-0.4, -0.2) is 23.1 Å². The largest absolute Gasteiger partial charge is 0.389 e. The van der Waals surface area contributed by atoms with Crippen molar-refractivity contribution in [2.24, 2.45) is 5.73 Å². The topological polar surface area (TPSA) is 42.1 Å². The number of hydrogen-bond donors (Lipinski definition) is 1. The molecule has 0 aliphatic heterocycles. The van der Waals surface area contributed by atoms with Gasteiger partial charge in [-0.15, -0.1) is 0 Å². The molecule has 18 heavy (non-hydrogen) atoms. The number of aromatic nitrogens is 1. The van der Waals surface area contributed by atoms with Gasteiger partial charge >= 0.3 is 0 Å². The molecule has 1 aromatic carbocycles. The van der Waals surface area contributed by atoms with Gasteiger partial charge in [0.2, 0.25) is 0 Å². The first-order chi connectivity index (χ1) is 8.67.